The predicted octanol–water partition coefficient (Wildman–Crippen LogP) is 4.01. The van der Waals surface area contributed by atoms with Gasteiger partial charge in [0.15, 0.2) is 5.96 Å². The Labute approximate surface area is 144 Å². The summed E-state index contributed by atoms with van der Waals surface area (Å²) in [5.74, 6) is 1.30. The molecule has 0 radical (unpaired) electrons. The van der Waals surface area contributed by atoms with E-state index in [1.807, 2.05) is 24.3 Å². The average molecular weight is 403 g/mol. The number of nitrogens with one attached hydrogen (secondary N) is 1. The number of ether oxygens (including phenoxy) is 1. The third-order valence-corrected chi connectivity index (χ3v) is 4.12. The van der Waals surface area contributed by atoms with Gasteiger partial charge in [-0.25, -0.2) is 0 Å². The summed E-state index contributed by atoms with van der Waals surface area (Å²) in [6.45, 7) is 3.07. The van der Waals surface area contributed by atoms with Gasteiger partial charge in [0.1, 0.15) is 5.75 Å². The maximum absolute atomic E-state index is 5.98. The van der Waals surface area contributed by atoms with Gasteiger partial charge in [-0.2, -0.15) is 0 Å². The first-order valence-corrected chi connectivity index (χ1v) is 7.38. The van der Waals surface area contributed by atoms with Crippen LogP contribution in [0, 0.1) is 5.41 Å². The number of guanidine groups is 1. The third-order valence-electron chi connectivity index (χ3n) is 4.12. The van der Waals surface area contributed by atoms with E-state index in [0.717, 1.165) is 18.0 Å². The zero-order valence-electron chi connectivity index (χ0n) is 12.9. The van der Waals surface area contributed by atoms with Crippen LogP contribution < -0.4 is 15.8 Å². The highest BCUT2D eigenvalue weighted by Gasteiger charge is 2.35. The Balaban J connectivity index is 0.00000220. The molecule has 118 valence electrons. The Morgan fingerprint density at radius 2 is 2.19 bits per heavy atom. The molecule has 2 rings (SSSR count). The SMILES string of the molecule is CCCC1(CN=C(N)Nc2cccc(OC)c2)CCC1.I. The molecule has 0 saturated heterocycles. The van der Waals surface area contributed by atoms with Gasteiger partial charge >= 0.3 is 0 Å². The van der Waals surface area contributed by atoms with Gasteiger partial charge in [0.25, 0.3) is 0 Å². The highest BCUT2D eigenvalue weighted by atomic mass is 127. The number of methoxy groups -OCH3 is 1. The summed E-state index contributed by atoms with van der Waals surface area (Å²) in [5, 5.41) is 3.13. The first-order valence-electron chi connectivity index (χ1n) is 7.38. The molecule has 0 bridgehead atoms. The third kappa shape index (κ3) is 5.05. The van der Waals surface area contributed by atoms with Gasteiger partial charge in [0, 0.05) is 18.3 Å². The highest BCUT2D eigenvalue weighted by molar-refractivity contribution is 14.0. The lowest BCUT2D eigenvalue weighted by Crippen LogP contribution is -2.34. The highest BCUT2D eigenvalue weighted by Crippen LogP contribution is 2.44. The number of anilines is 1. The molecule has 5 heteroatoms. The van der Waals surface area contributed by atoms with Gasteiger partial charge in [0.2, 0.25) is 0 Å². The van der Waals surface area contributed by atoms with E-state index >= 15 is 0 Å². The molecule has 3 N–H and O–H groups in total. The van der Waals surface area contributed by atoms with Crippen LogP contribution in [-0.4, -0.2) is 19.6 Å². The van der Waals surface area contributed by atoms with Gasteiger partial charge in [0.05, 0.1) is 7.11 Å². The van der Waals surface area contributed by atoms with Gasteiger partial charge in [-0.05, 0) is 36.8 Å². The molecule has 1 saturated carbocycles. The molecule has 0 heterocycles. The number of hydrogen-bond donors (Lipinski definition) is 2. The topological polar surface area (TPSA) is 59.6 Å². The van der Waals surface area contributed by atoms with Gasteiger partial charge in [-0.3, -0.25) is 4.99 Å². The molecular weight excluding hydrogens is 377 g/mol. The minimum absolute atomic E-state index is 0. The smallest absolute Gasteiger partial charge is 0.193 e. The predicted molar refractivity (Wildman–Crippen MR) is 99.7 cm³/mol. The maximum Gasteiger partial charge on any atom is 0.193 e. The Bertz CT molecular complexity index is 472. The van der Waals surface area contributed by atoms with Crippen molar-refractivity contribution in [1.82, 2.24) is 0 Å². The number of hydrogen-bond acceptors (Lipinski definition) is 2. The Morgan fingerprint density at radius 3 is 2.76 bits per heavy atom. The molecule has 0 amide bonds. The maximum atomic E-state index is 5.98. The largest absolute Gasteiger partial charge is 0.497 e. The van der Waals surface area contributed by atoms with E-state index in [1.165, 1.54) is 32.1 Å². The quantitative estimate of drug-likeness (QED) is 0.429. The van der Waals surface area contributed by atoms with Crippen molar-refractivity contribution in [3.63, 3.8) is 0 Å². The molecule has 1 aliphatic rings. The summed E-state index contributed by atoms with van der Waals surface area (Å²) in [4.78, 5) is 4.53. The summed E-state index contributed by atoms with van der Waals surface area (Å²) in [6, 6.07) is 7.70. The molecule has 1 fully saturated rings. The van der Waals surface area contributed by atoms with Crippen LogP contribution in [0.2, 0.25) is 0 Å². The second-order valence-electron chi connectivity index (χ2n) is 5.66. The van der Waals surface area contributed by atoms with Crippen molar-refractivity contribution in [3.8, 4) is 5.75 Å². The second kappa shape index (κ2) is 8.46. The minimum Gasteiger partial charge on any atom is -0.497 e. The van der Waals surface area contributed by atoms with E-state index in [9.17, 15) is 0 Å². The van der Waals surface area contributed by atoms with Crippen molar-refractivity contribution < 1.29 is 4.74 Å². The number of rotatable bonds is 6. The summed E-state index contributed by atoms with van der Waals surface area (Å²) in [7, 11) is 1.65. The number of nitrogens with zero attached hydrogens (tertiary/aromatic N) is 1. The fraction of sp³-hybridized carbons (Fsp3) is 0.562. The second-order valence-corrected chi connectivity index (χ2v) is 5.66. The van der Waals surface area contributed by atoms with Crippen LogP contribution in [0.25, 0.3) is 0 Å². The molecule has 0 aromatic heterocycles. The summed E-state index contributed by atoms with van der Waals surface area (Å²) < 4.78 is 5.19. The molecule has 0 unspecified atom stereocenters. The first-order chi connectivity index (χ1) is 9.67. The molecule has 21 heavy (non-hydrogen) atoms. The van der Waals surface area contributed by atoms with Crippen molar-refractivity contribution >= 4 is 35.6 Å². The van der Waals surface area contributed by atoms with E-state index in [0.29, 0.717) is 11.4 Å². The van der Waals surface area contributed by atoms with Crippen LogP contribution in [-0.2, 0) is 0 Å². The summed E-state index contributed by atoms with van der Waals surface area (Å²) in [6.07, 6.45) is 6.38. The zero-order chi connectivity index (χ0) is 14.4. The lowest BCUT2D eigenvalue weighted by molar-refractivity contribution is 0.130. The summed E-state index contributed by atoms with van der Waals surface area (Å²) >= 11 is 0. The van der Waals surface area contributed by atoms with Crippen LogP contribution in [0.1, 0.15) is 39.0 Å². The fourth-order valence-electron chi connectivity index (χ4n) is 2.84. The van der Waals surface area contributed by atoms with Gasteiger partial charge < -0.3 is 15.8 Å². The number of aliphatic imine (C=N–C) groups is 1. The zero-order valence-corrected chi connectivity index (χ0v) is 15.2. The van der Waals surface area contributed by atoms with Crippen molar-refractivity contribution in [2.45, 2.75) is 39.0 Å². The minimum atomic E-state index is 0. The number of nitrogens with two attached hydrogens (primary N) is 1. The van der Waals surface area contributed by atoms with Crippen LogP contribution in [0.5, 0.6) is 5.75 Å². The summed E-state index contributed by atoms with van der Waals surface area (Å²) in [5.41, 5.74) is 7.30. The Morgan fingerprint density at radius 1 is 1.43 bits per heavy atom. The normalized spacial score (nSPS) is 16.6. The van der Waals surface area contributed by atoms with E-state index < -0.39 is 0 Å². The molecule has 0 aliphatic heterocycles. The van der Waals surface area contributed by atoms with Crippen LogP contribution >= 0.6 is 24.0 Å². The Hall–Kier alpha value is -0.980. The molecule has 1 aliphatic carbocycles. The lowest BCUT2D eigenvalue weighted by atomic mass is 9.66. The van der Waals surface area contributed by atoms with Crippen LogP contribution in [0.15, 0.2) is 29.3 Å². The number of halogens is 1. The van der Waals surface area contributed by atoms with Gasteiger partial charge in [-0.1, -0.05) is 25.8 Å². The van der Waals surface area contributed by atoms with E-state index in [4.69, 9.17) is 10.5 Å². The molecule has 0 spiro atoms. The van der Waals surface area contributed by atoms with E-state index in [1.54, 1.807) is 7.11 Å². The molecule has 1 aromatic carbocycles. The van der Waals surface area contributed by atoms with Crippen molar-refractivity contribution in [2.75, 3.05) is 19.0 Å². The Kier molecular flexibility index (Phi) is 7.28. The molecule has 1 aromatic rings. The fourth-order valence-corrected chi connectivity index (χ4v) is 2.84. The standard InChI is InChI=1S/C16H25N3O.HI/c1-3-8-16(9-5-10-16)12-18-15(17)19-13-6-4-7-14(11-13)20-2;/h4,6-7,11H,3,5,8-10,12H2,1-2H3,(H3,17,18,19);1H. The van der Waals surface area contributed by atoms with Crippen LogP contribution in [0.4, 0.5) is 5.69 Å². The first kappa shape index (κ1) is 18.1. The lowest BCUT2D eigenvalue weighted by Gasteiger charge is -2.40. The van der Waals surface area contributed by atoms with E-state index in [2.05, 4.69) is 17.2 Å². The average Bonchev–Trinajstić information content (AvgIpc) is 2.42. The van der Waals surface area contributed by atoms with Crippen molar-refractivity contribution in [1.29, 1.82) is 0 Å². The monoisotopic (exact) mass is 403 g/mol. The van der Waals surface area contributed by atoms with Crippen molar-refractivity contribution in [3.05, 3.63) is 24.3 Å². The van der Waals surface area contributed by atoms with Gasteiger partial charge in [-0.15, -0.1) is 24.0 Å². The molecule has 4 nitrogen and oxygen atoms in total. The van der Waals surface area contributed by atoms with E-state index in [-0.39, 0.29) is 24.0 Å². The van der Waals surface area contributed by atoms with Crippen molar-refractivity contribution in [2.24, 2.45) is 16.1 Å². The van der Waals surface area contributed by atoms with Crippen LogP contribution in [0.3, 0.4) is 0 Å². The number of benzene rings is 1. The molecule has 0 atom stereocenters. The molecular formula is C16H26IN3O.